The van der Waals surface area contributed by atoms with E-state index in [1.54, 1.807) is 0 Å². The number of fused-ring (bicyclic) bond motifs is 4. The highest BCUT2D eigenvalue weighted by molar-refractivity contribution is 5.91. The van der Waals surface area contributed by atoms with Crippen molar-refractivity contribution in [2.45, 2.75) is 114 Å². The maximum Gasteiger partial charge on any atom is 0.334 e. The van der Waals surface area contributed by atoms with Crippen LogP contribution in [0.3, 0.4) is 0 Å². The summed E-state index contributed by atoms with van der Waals surface area (Å²) in [5, 5.41) is 10.7. The number of esters is 2. The van der Waals surface area contributed by atoms with Crippen molar-refractivity contribution in [2.24, 2.45) is 27.7 Å². The van der Waals surface area contributed by atoms with Gasteiger partial charge in [-0.05, 0) is 94.6 Å². The minimum atomic E-state index is -0.657. The summed E-state index contributed by atoms with van der Waals surface area (Å²) in [5.41, 5.74) is 3.23. The van der Waals surface area contributed by atoms with Crippen LogP contribution < -0.4 is 0 Å². The lowest BCUT2D eigenvalue weighted by atomic mass is 9.82. The van der Waals surface area contributed by atoms with E-state index in [0.717, 1.165) is 83.7 Å². The number of carbonyl (C=O) groups is 2. The average Bonchev–Trinajstić information content (AvgIpc) is 3.46. The summed E-state index contributed by atoms with van der Waals surface area (Å²) in [5.74, 6) is -0.747. The van der Waals surface area contributed by atoms with E-state index in [2.05, 4.69) is 32.2 Å². The molecule has 5 rings (SSSR count). The Labute approximate surface area is 256 Å². The molecular weight excluding hydrogens is 544 g/mol. The molecule has 0 unspecified atom stereocenters. The van der Waals surface area contributed by atoms with Gasteiger partial charge in [-0.1, -0.05) is 32.2 Å². The molecule has 8 heteroatoms. The third kappa shape index (κ3) is 7.46. The summed E-state index contributed by atoms with van der Waals surface area (Å²) in [6.45, 7) is 13.6. The van der Waals surface area contributed by atoms with Crippen LogP contribution in [0.15, 0.2) is 57.6 Å². The Balaban J connectivity index is 1.03. The van der Waals surface area contributed by atoms with Crippen molar-refractivity contribution in [2.75, 3.05) is 13.1 Å². The molecule has 3 fully saturated rings. The monoisotopic (exact) mass is 592 g/mol. The van der Waals surface area contributed by atoms with Gasteiger partial charge in [0.05, 0.1) is 11.7 Å². The minimum Gasteiger partial charge on any atom is -0.456 e. The van der Waals surface area contributed by atoms with Gasteiger partial charge < -0.3 is 19.3 Å². The molecule has 0 amide bonds. The number of ether oxygens (including phenoxy) is 3. The van der Waals surface area contributed by atoms with Crippen LogP contribution in [-0.4, -0.2) is 72.6 Å². The molecule has 5 aliphatic rings. The van der Waals surface area contributed by atoms with Gasteiger partial charge in [-0.15, -0.1) is 0 Å². The summed E-state index contributed by atoms with van der Waals surface area (Å²) in [4.78, 5) is 33.7. The zero-order valence-electron chi connectivity index (χ0n) is 25.8. The molecule has 43 heavy (non-hydrogen) atoms. The van der Waals surface area contributed by atoms with E-state index in [-0.39, 0.29) is 47.5 Å². The number of epoxide rings is 1. The van der Waals surface area contributed by atoms with Crippen molar-refractivity contribution < 1.29 is 28.9 Å². The molecule has 0 radical (unpaired) electrons. The van der Waals surface area contributed by atoms with Crippen LogP contribution in [0.25, 0.3) is 0 Å². The minimum absolute atomic E-state index is 0.00989. The van der Waals surface area contributed by atoms with Gasteiger partial charge in [0.25, 0.3) is 0 Å². The Bertz CT molecular complexity index is 1220. The van der Waals surface area contributed by atoms with E-state index in [0.29, 0.717) is 11.1 Å². The fraction of sp³-hybridized carbons (Fsp3) is 0.657. The molecule has 234 valence electrons. The summed E-state index contributed by atoms with van der Waals surface area (Å²) < 4.78 is 17.1. The van der Waals surface area contributed by atoms with Crippen molar-refractivity contribution in [1.82, 2.24) is 0 Å². The van der Waals surface area contributed by atoms with Crippen LogP contribution in [0, 0.1) is 17.8 Å². The summed E-state index contributed by atoms with van der Waals surface area (Å²) in [6.07, 6.45) is 16.9. The number of aliphatic hydroxyl groups is 1. The number of carbonyl (C=O) groups excluding carboxylic acids is 2. The number of aliphatic hydroxyl groups excluding tert-OH is 1. The van der Waals surface area contributed by atoms with Gasteiger partial charge >= 0.3 is 11.9 Å². The normalized spacial score (nSPS) is 39.3. The van der Waals surface area contributed by atoms with E-state index in [9.17, 15) is 14.7 Å². The quantitative estimate of drug-likeness (QED) is 0.128. The number of nitrogens with zero attached hydrogens (tertiary/aromatic N) is 2. The van der Waals surface area contributed by atoms with Crippen LogP contribution in [-0.2, 0) is 23.8 Å². The molecular formula is C35H48N2O6. The second kappa shape index (κ2) is 13.9. The number of allylic oxidation sites excluding steroid dienone is 4. The Morgan fingerprint density at radius 3 is 2.07 bits per heavy atom. The molecule has 0 bridgehead atoms. The molecule has 3 saturated heterocycles. The third-order valence-corrected chi connectivity index (χ3v) is 10.0. The average molecular weight is 593 g/mol. The van der Waals surface area contributed by atoms with E-state index in [4.69, 9.17) is 24.2 Å². The Hall–Kier alpha value is -2.84. The SMILES string of the molecule is C=C1C(=O)O[C@@H]2[C@H](O)[C@@H](C)CC/C=C(/C=N/CCCCCN=C/C3=C/CC[C@@]4(C)O[C@H]4[C@H]4OC(=O)C(=C)[C@@H]4CC3)CC[C@@H]12. The summed E-state index contributed by atoms with van der Waals surface area (Å²) in [7, 11) is 0. The Kier molecular flexibility index (Phi) is 10.2. The number of aliphatic imine (C=N–C) groups is 2. The number of hydrogen-bond donors (Lipinski definition) is 1. The molecule has 3 aliphatic heterocycles. The highest BCUT2D eigenvalue weighted by Gasteiger charge is 2.61. The maximum absolute atomic E-state index is 12.2. The second-order valence-electron chi connectivity index (χ2n) is 13.2. The fourth-order valence-electron chi connectivity index (χ4n) is 6.99. The summed E-state index contributed by atoms with van der Waals surface area (Å²) in [6, 6.07) is 0. The van der Waals surface area contributed by atoms with Gasteiger partial charge in [-0.25, -0.2) is 9.59 Å². The Morgan fingerprint density at radius 1 is 0.884 bits per heavy atom. The number of hydrogen-bond acceptors (Lipinski definition) is 8. The van der Waals surface area contributed by atoms with E-state index < -0.39 is 12.2 Å². The first kappa shape index (κ1) is 31.6. The molecule has 0 aromatic heterocycles. The van der Waals surface area contributed by atoms with Gasteiger partial charge in [0.2, 0.25) is 0 Å². The molecule has 0 saturated carbocycles. The van der Waals surface area contributed by atoms with E-state index >= 15 is 0 Å². The predicted octanol–water partition coefficient (Wildman–Crippen LogP) is 5.65. The smallest absolute Gasteiger partial charge is 0.334 e. The lowest BCUT2D eigenvalue weighted by Crippen LogP contribution is -2.36. The van der Waals surface area contributed by atoms with Gasteiger partial charge in [-0.2, -0.15) is 0 Å². The first-order valence-corrected chi connectivity index (χ1v) is 16.2. The zero-order chi connectivity index (χ0) is 30.6. The van der Waals surface area contributed by atoms with Crippen LogP contribution in [0.4, 0.5) is 0 Å². The van der Waals surface area contributed by atoms with Crippen LogP contribution in [0.1, 0.15) is 84.5 Å². The van der Waals surface area contributed by atoms with Gasteiger partial charge in [0.1, 0.15) is 18.3 Å². The fourth-order valence-corrected chi connectivity index (χ4v) is 6.99. The second-order valence-corrected chi connectivity index (χ2v) is 13.2. The first-order valence-electron chi connectivity index (χ1n) is 16.2. The summed E-state index contributed by atoms with van der Waals surface area (Å²) >= 11 is 0. The first-order chi connectivity index (χ1) is 20.7. The lowest BCUT2D eigenvalue weighted by molar-refractivity contribution is -0.146. The largest absolute Gasteiger partial charge is 0.456 e. The standard InChI is InChI=1S/C35H48N2O6/c1-22-10-8-11-25(13-15-27-23(2)33(39)41-30(27)29(22)38)20-36-18-6-5-7-19-37-21-26-12-9-17-35(4)32(43-35)31-28(16-14-26)24(3)34(40)42-31/h11-12,20-22,27-32,38H,2-3,5-10,13-19H2,1,4H3/b25-11+,26-12+,36-20+,37-21?/t22-,27-,28-,29+,30-,31-,32-,35+/m0/s1. The van der Waals surface area contributed by atoms with Crippen molar-refractivity contribution in [3.05, 3.63) is 47.6 Å². The predicted molar refractivity (Wildman–Crippen MR) is 167 cm³/mol. The highest BCUT2D eigenvalue weighted by atomic mass is 16.6. The zero-order valence-corrected chi connectivity index (χ0v) is 25.8. The van der Waals surface area contributed by atoms with Crippen molar-refractivity contribution in [1.29, 1.82) is 0 Å². The molecule has 1 N–H and O–H groups in total. The lowest BCUT2D eigenvalue weighted by Gasteiger charge is -2.28. The number of unbranched alkanes of at least 4 members (excludes halogenated alkanes) is 2. The van der Waals surface area contributed by atoms with Gasteiger partial charge in [-0.3, -0.25) is 9.98 Å². The van der Waals surface area contributed by atoms with Crippen molar-refractivity contribution >= 4 is 24.4 Å². The van der Waals surface area contributed by atoms with E-state index in [1.165, 1.54) is 11.1 Å². The maximum atomic E-state index is 12.2. The van der Waals surface area contributed by atoms with Crippen LogP contribution >= 0.6 is 0 Å². The Morgan fingerprint density at radius 2 is 1.44 bits per heavy atom. The molecule has 2 aliphatic carbocycles. The molecule has 0 aromatic rings. The van der Waals surface area contributed by atoms with Gasteiger partial charge in [0, 0.05) is 48.5 Å². The van der Waals surface area contributed by atoms with Gasteiger partial charge in [0.15, 0.2) is 0 Å². The molecule has 8 nitrogen and oxygen atoms in total. The van der Waals surface area contributed by atoms with Crippen LogP contribution in [0.2, 0.25) is 0 Å². The molecule has 3 heterocycles. The number of rotatable bonds is 8. The topological polar surface area (TPSA) is 110 Å². The highest BCUT2D eigenvalue weighted by Crippen LogP contribution is 2.49. The molecule has 0 spiro atoms. The van der Waals surface area contributed by atoms with Crippen LogP contribution in [0.5, 0.6) is 0 Å². The molecule has 0 aromatic carbocycles. The molecule has 8 atom stereocenters. The third-order valence-electron chi connectivity index (χ3n) is 10.0. The van der Waals surface area contributed by atoms with Crippen molar-refractivity contribution in [3.8, 4) is 0 Å². The van der Waals surface area contributed by atoms with Crippen molar-refractivity contribution in [3.63, 3.8) is 0 Å². The van der Waals surface area contributed by atoms with E-state index in [1.807, 2.05) is 19.4 Å².